The smallest absolute Gasteiger partial charge is 0.407 e. The molecule has 0 radical (unpaired) electrons. The maximum absolute atomic E-state index is 15.8. The van der Waals surface area contributed by atoms with Crippen LogP contribution in [0.1, 0.15) is 198 Å². The molecule has 2 aromatic carbocycles. The molecule has 3 aromatic rings. The number of hydrogen-bond donors (Lipinski definition) is 13. The second-order valence-corrected chi connectivity index (χ2v) is 37.5. The van der Waals surface area contributed by atoms with Crippen LogP contribution in [0.15, 0.2) is 34.5 Å². The number of esters is 2. The van der Waals surface area contributed by atoms with Gasteiger partial charge in [0.15, 0.2) is 51.7 Å². The number of aliphatic carboxylic acids is 2. The minimum Gasteiger partial charge on any atom is -0.508 e. The van der Waals surface area contributed by atoms with E-state index >= 15 is 18.0 Å². The van der Waals surface area contributed by atoms with Crippen molar-refractivity contribution in [2.75, 3.05) is 100 Å². The summed E-state index contributed by atoms with van der Waals surface area (Å²) in [5.74, 6) is -19.4. The molecule has 1 aromatic heterocycles. The molecule has 37 nitrogen and oxygen atoms in total. The Morgan fingerprint density at radius 1 is 0.762 bits per heavy atom. The number of rotatable bonds is 57. The first-order valence-electron chi connectivity index (χ1n) is 41.9. The number of likely N-dealkylation sites (tertiary alicyclic amines) is 1. The summed E-state index contributed by atoms with van der Waals surface area (Å²) in [6.45, 7) is 10.6. The summed E-state index contributed by atoms with van der Waals surface area (Å²) >= 11 is -2.04. The lowest BCUT2D eigenvalue weighted by Gasteiger charge is -2.39. The van der Waals surface area contributed by atoms with Gasteiger partial charge in [0.2, 0.25) is 29.5 Å². The maximum atomic E-state index is 15.8. The van der Waals surface area contributed by atoms with E-state index in [1.165, 1.54) is 29.3 Å². The number of sulfone groups is 1. The predicted molar refractivity (Wildman–Crippen MR) is 463 cm³/mol. The summed E-state index contributed by atoms with van der Waals surface area (Å²) in [6, 6.07) is -0.606. The van der Waals surface area contributed by atoms with Crippen molar-refractivity contribution in [3.63, 3.8) is 0 Å². The van der Waals surface area contributed by atoms with Gasteiger partial charge in [-0.2, -0.15) is 0 Å². The molecule has 5 rings (SSSR count). The van der Waals surface area contributed by atoms with Gasteiger partial charge in [-0.05, 0) is 88.1 Å². The molecule has 2 fully saturated rings. The number of phenols is 1. The van der Waals surface area contributed by atoms with Gasteiger partial charge in [-0.15, -0.1) is 11.3 Å². The van der Waals surface area contributed by atoms with E-state index in [4.69, 9.17) is 29.4 Å². The van der Waals surface area contributed by atoms with E-state index in [9.17, 15) is 90.0 Å². The van der Waals surface area contributed by atoms with E-state index in [1.54, 1.807) is 30.7 Å². The number of thiazole rings is 1. The highest BCUT2D eigenvalue weighted by Gasteiger charge is 2.41. The molecule has 1 aliphatic heterocycles. The predicted octanol–water partition coefficient (Wildman–Crippen LogP) is 7.01. The Hall–Kier alpha value is -8.83. The van der Waals surface area contributed by atoms with Gasteiger partial charge in [0.05, 0.1) is 68.8 Å². The van der Waals surface area contributed by atoms with E-state index in [0.29, 0.717) is 57.1 Å². The van der Waals surface area contributed by atoms with Gasteiger partial charge in [0.25, 0.3) is 17.2 Å². The Morgan fingerprint density at radius 3 is 2.06 bits per heavy atom. The van der Waals surface area contributed by atoms with Gasteiger partial charge in [0.1, 0.15) is 45.7 Å². The van der Waals surface area contributed by atoms with Gasteiger partial charge in [-0.1, -0.05) is 120 Å². The molecule has 126 heavy (non-hydrogen) atoms. The van der Waals surface area contributed by atoms with E-state index < -0.39 is 231 Å². The molecule has 2 aliphatic rings. The number of nitrogens with zero attached hydrogens (tertiary/aromatic N) is 3. The summed E-state index contributed by atoms with van der Waals surface area (Å²) in [7, 11) is -0.994. The van der Waals surface area contributed by atoms with Crippen LogP contribution < -0.4 is 47.7 Å². The van der Waals surface area contributed by atoms with Crippen molar-refractivity contribution >= 4 is 142 Å². The zero-order chi connectivity index (χ0) is 93.3. The van der Waals surface area contributed by atoms with Crippen molar-refractivity contribution in [2.24, 2.45) is 29.4 Å². The second kappa shape index (κ2) is 55.8. The summed E-state index contributed by atoms with van der Waals surface area (Å²) in [4.78, 5) is 178. The fourth-order valence-electron chi connectivity index (χ4n) is 13.8. The van der Waals surface area contributed by atoms with Crippen LogP contribution in [0.3, 0.4) is 0 Å². The SMILES string of the molecule is CCCC(=O)OCN(C(=O)[C@@H](NC(=O)C1CCCCN1C)[C@@H](C)CC)[C@H](C[C@@H](OC(C)=O)c1nc(C(=O)N[C@@H](Cc2ccc(O)cc2)C[C@H](C)C(=O)CNC(=O)OCCSSC[C@H](CC(=O)[C@H](CC(=O)O)NC(=O)[C@@H](N)CNC(=O)CCOCCOCCNC(=O)CCS(=O)(=O)c2c(F)c(F)c(NS(=O)O)c(F)c2NC2CCCCCCC2)C(=O)O)cs1)C(C)C. The highest BCUT2D eigenvalue weighted by Crippen LogP contribution is 2.39. The number of carbonyl (C=O) groups is 13. The summed E-state index contributed by atoms with van der Waals surface area (Å²) in [6.07, 6.45) is 3.73. The standard InChI is InChI=1S/C81H121F3N12O25S5/c1-9-18-67(105)120-46-96(79(109)71(48(5)10-2)93-77(108)59-21-16-17-29-95(59)8)60(47(3)4)41-63(121-50(7)97)78-92-58(45-122-78)76(107)90-54(38-51-22-24-55(98)25-23-51)37-49(6)62(100)43-88-81(112)119-34-35-123-124-44-52(80(110)111)39-61(99)57(40-66(103)104)91-75(106)56(85)42-87-64(101)26-30-117-32-33-118-31-28-86-65(102)27-36-126(115,116)74-69(83)68(82)72(94-125(113)114)70(84)73(74)89-53-19-14-12-11-13-15-20-53/h22-25,45,47-49,52-54,56-57,59-60,63,71,89,94,98H,9-21,26-44,46,85H2,1-8H3,(H,86,102)(H,87,101)(H,88,112)(H,90,107)(H,91,106)(H,93,108)(H,103,104)(H,110,111)(H,113,114)/t48-,49-,52-,54+,56-,57-,59?,60+,63+,71-/m0/s1. The van der Waals surface area contributed by atoms with Crippen LogP contribution in [0.5, 0.6) is 5.75 Å². The van der Waals surface area contributed by atoms with Gasteiger partial charge in [0, 0.05) is 93.0 Å². The molecule has 7 amide bonds. The number of benzene rings is 2. The Balaban J connectivity index is 1.03. The minimum atomic E-state index is -4.91. The molecule has 2 unspecified atom stereocenters. The Bertz CT molecular complexity index is 4270. The normalized spacial score (nSPS) is 16.3. The highest BCUT2D eigenvalue weighted by molar-refractivity contribution is 8.76. The quantitative estimate of drug-likeness (QED) is 0.00513. The maximum Gasteiger partial charge on any atom is 0.407 e. The molecule has 1 aliphatic carbocycles. The first-order valence-corrected chi connectivity index (χ1v) is 48.0. The van der Waals surface area contributed by atoms with E-state index in [2.05, 4.69) is 42.2 Å². The first-order chi connectivity index (χ1) is 59.7. The lowest BCUT2D eigenvalue weighted by atomic mass is 9.92. The molecule has 2 heterocycles. The van der Waals surface area contributed by atoms with Crippen molar-refractivity contribution in [2.45, 2.75) is 230 Å². The lowest BCUT2D eigenvalue weighted by Crippen LogP contribution is -2.59. The fraction of sp³-hybridized carbons (Fsp3) is 0.654. The Kier molecular flexibility index (Phi) is 47.7. The number of aromatic hydroxyl groups is 1. The Labute approximate surface area is 745 Å². The molecule has 1 saturated carbocycles. The largest absolute Gasteiger partial charge is 0.508 e. The van der Waals surface area contributed by atoms with Gasteiger partial charge >= 0.3 is 30.0 Å². The number of hydrogen-bond acceptors (Lipinski definition) is 29. The van der Waals surface area contributed by atoms with Crippen LogP contribution in [0.4, 0.5) is 29.3 Å². The number of carboxylic acids is 2. The number of Topliss-reactive ketones (excluding diaryl/α,β-unsaturated/α-hetero) is 2. The number of likely N-dealkylation sites (N-methyl/N-ethyl adjacent to an activating group) is 1. The summed E-state index contributed by atoms with van der Waals surface area (Å²) in [5.41, 5.74) is 4.27. The third kappa shape index (κ3) is 37.5. The lowest BCUT2D eigenvalue weighted by molar-refractivity contribution is -0.160. The van der Waals surface area contributed by atoms with Crippen molar-refractivity contribution < 1.29 is 132 Å². The average Bonchev–Trinajstić information content (AvgIpc) is 0.863. The van der Waals surface area contributed by atoms with Crippen LogP contribution >= 0.6 is 32.9 Å². The number of alkyl carbamates (subject to hydrolysis) is 1. The molecule has 11 atom stereocenters. The molecule has 14 N–H and O–H groups in total. The van der Waals surface area contributed by atoms with Crippen molar-refractivity contribution in [3.8, 4) is 5.75 Å². The third-order valence-electron chi connectivity index (χ3n) is 21.0. The van der Waals surface area contributed by atoms with Crippen LogP contribution in [0.2, 0.25) is 0 Å². The number of anilines is 2. The number of nitrogens with one attached hydrogen (secondary N) is 8. The van der Waals surface area contributed by atoms with Crippen LogP contribution in [-0.2, 0) is 104 Å². The number of ether oxygens (including phenoxy) is 5. The number of amides is 7. The number of carbonyl (C=O) groups excluding carboxylic acids is 11. The number of aromatic nitrogens is 1. The molecule has 0 bridgehead atoms. The number of halogens is 3. The zero-order valence-corrected chi connectivity index (χ0v) is 76.2. The number of carboxylic acid groups (broad SMARTS) is 2. The number of nitrogens with two attached hydrogens (primary N) is 1. The van der Waals surface area contributed by atoms with E-state index in [0.717, 1.165) is 65.0 Å². The van der Waals surface area contributed by atoms with E-state index in [1.807, 2.05) is 39.6 Å². The van der Waals surface area contributed by atoms with Crippen LogP contribution in [0, 0.1) is 41.1 Å². The molecular weight excluding hydrogens is 1760 g/mol. The van der Waals surface area contributed by atoms with Gasteiger partial charge in [-0.3, -0.25) is 71.7 Å². The monoisotopic (exact) mass is 1880 g/mol. The number of piperidine rings is 1. The fourth-order valence-corrected chi connectivity index (χ4v) is 18.6. The molecule has 45 heteroatoms. The molecule has 0 spiro atoms. The third-order valence-corrected chi connectivity index (χ3v) is 26.5. The summed E-state index contributed by atoms with van der Waals surface area (Å²) in [5, 5.41) is 49.4. The minimum absolute atomic E-state index is 0.0167. The number of phenolic OH excluding ortho intramolecular Hbond substituents is 1. The van der Waals surface area contributed by atoms with E-state index in [-0.39, 0.29) is 117 Å². The number of ketones is 2. The van der Waals surface area contributed by atoms with Crippen LogP contribution in [0.25, 0.3) is 0 Å². The van der Waals surface area contributed by atoms with Crippen molar-refractivity contribution in [1.29, 1.82) is 0 Å². The second-order valence-electron chi connectivity index (χ2n) is 31.3. The topological polar surface area (TPSA) is 542 Å². The van der Waals surface area contributed by atoms with Gasteiger partial charge < -0.3 is 86.9 Å². The average molecular weight is 1880 g/mol. The zero-order valence-electron chi connectivity index (χ0n) is 72.1. The first kappa shape index (κ1) is 108. The molecule has 1 saturated heterocycles. The van der Waals surface area contributed by atoms with Crippen LogP contribution in [-0.4, -0.2) is 257 Å². The van der Waals surface area contributed by atoms with Gasteiger partial charge in [-0.25, -0.2) is 35.6 Å². The molecular formula is C81H121F3N12O25S5. The Morgan fingerprint density at radius 2 is 1.43 bits per heavy atom. The molecule has 706 valence electrons. The van der Waals surface area contributed by atoms with Crippen molar-refractivity contribution in [3.05, 3.63) is 63.4 Å². The van der Waals surface area contributed by atoms with Crippen molar-refractivity contribution in [1.82, 2.24) is 46.7 Å². The highest BCUT2D eigenvalue weighted by atomic mass is 33.1. The summed E-state index contributed by atoms with van der Waals surface area (Å²) < 4.78 is 123.